The Morgan fingerprint density at radius 3 is 2.19 bits per heavy atom. The minimum atomic E-state index is -0.274. The van der Waals surface area contributed by atoms with Crippen molar-refractivity contribution >= 4 is 0 Å². The molecule has 1 aromatic heterocycles. The predicted octanol–water partition coefficient (Wildman–Crippen LogP) is 6.31. The van der Waals surface area contributed by atoms with Crippen LogP contribution in [0.3, 0.4) is 0 Å². The number of hydrogen-bond acceptors (Lipinski definition) is 3. The number of pyridine rings is 1. The maximum Gasteiger partial charge on any atom is 0.213 e. The van der Waals surface area contributed by atoms with E-state index in [0.717, 1.165) is 37.0 Å². The molecule has 0 aliphatic carbocycles. The van der Waals surface area contributed by atoms with Gasteiger partial charge in [0.1, 0.15) is 11.4 Å². The number of fused-ring (bicyclic) bond motifs is 1. The quantitative estimate of drug-likeness (QED) is 0.366. The van der Waals surface area contributed by atoms with E-state index in [1.807, 2.05) is 12.1 Å². The third-order valence-electron chi connectivity index (χ3n) is 6.28. The van der Waals surface area contributed by atoms with Gasteiger partial charge in [-0.25, -0.2) is 4.98 Å². The molecule has 0 amide bonds. The zero-order valence-corrected chi connectivity index (χ0v) is 18.3. The molecule has 0 spiro atoms. The smallest absolute Gasteiger partial charge is 0.213 e. The molecule has 0 unspecified atom stereocenters. The molecule has 1 aliphatic heterocycles. The lowest BCUT2D eigenvalue weighted by Crippen LogP contribution is -2.44. The Labute approximate surface area is 189 Å². The zero-order chi connectivity index (χ0) is 21.8. The molecule has 0 bridgehead atoms. The van der Waals surface area contributed by atoms with E-state index in [-0.39, 0.29) is 5.60 Å². The molecule has 2 heterocycles. The van der Waals surface area contributed by atoms with Crippen LogP contribution in [0.2, 0.25) is 0 Å². The van der Waals surface area contributed by atoms with Crippen molar-refractivity contribution in [1.29, 1.82) is 0 Å². The highest BCUT2D eigenvalue weighted by atomic mass is 16.5. The van der Waals surface area contributed by atoms with Crippen molar-refractivity contribution in [1.82, 2.24) is 4.98 Å². The molecular weight excluding hydrogens is 394 g/mol. The SMILES string of the molecule is COc1cc(-c2cccc3c2CCC(Cc2ccccc2)(Cc2ccccc2)O3)ccn1. The summed E-state index contributed by atoms with van der Waals surface area (Å²) in [7, 11) is 1.65. The van der Waals surface area contributed by atoms with Gasteiger partial charge in [0, 0.05) is 30.7 Å². The van der Waals surface area contributed by atoms with Crippen molar-refractivity contribution in [3.63, 3.8) is 0 Å². The third-order valence-corrected chi connectivity index (χ3v) is 6.28. The van der Waals surface area contributed by atoms with Crippen molar-refractivity contribution < 1.29 is 9.47 Å². The molecule has 1 aliphatic rings. The van der Waals surface area contributed by atoms with E-state index in [2.05, 4.69) is 83.8 Å². The first-order valence-corrected chi connectivity index (χ1v) is 11.1. The summed E-state index contributed by atoms with van der Waals surface area (Å²) in [4.78, 5) is 4.26. The zero-order valence-electron chi connectivity index (χ0n) is 18.3. The summed E-state index contributed by atoms with van der Waals surface area (Å²) >= 11 is 0. The third kappa shape index (κ3) is 4.24. The molecule has 0 saturated carbocycles. The summed E-state index contributed by atoms with van der Waals surface area (Å²) in [6, 6.07) is 31.8. The number of ether oxygens (including phenoxy) is 2. The van der Waals surface area contributed by atoms with Crippen LogP contribution in [-0.2, 0) is 19.3 Å². The summed E-state index contributed by atoms with van der Waals surface area (Å²) in [5.74, 6) is 1.61. The predicted molar refractivity (Wildman–Crippen MR) is 128 cm³/mol. The minimum absolute atomic E-state index is 0.274. The number of nitrogens with zero attached hydrogens (tertiary/aromatic N) is 1. The van der Waals surface area contributed by atoms with E-state index in [1.165, 1.54) is 22.3 Å². The lowest BCUT2D eigenvalue weighted by molar-refractivity contribution is 0.0466. The molecule has 0 N–H and O–H groups in total. The molecular formula is C29H27NO2. The molecule has 0 saturated heterocycles. The van der Waals surface area contributed by atoms with Gasteiger partial charge in [-0.3, -0.25) is 0 Å². The standard InChI is InChI=1S/C29H27NO2/c1-31-28-19-24(16-18-30-28)25-13-8-14-27-26(25)15-17-29(32-27,20-22-9-4-2-5-10-22)21-23-11-6-3-7-12-23/h2-14,16,18-19H,15,17,20-21H2,1H3. The Kier molecular flexibility index (Phi) is 5.64. The highest BCUT2D eigenvalue weighted by Crippen LogP contribution is 2.42. The van der Waals surface area contributed by atoms with Crippen LogP contribution >= 0.6 is 0 Å². The molecule has 3 heteroatoms. The summed E-state index contributed by atoms with van der Waals surface area (Å²) in [5.41, 5.74) is 5.90. The number of benzene rings is 3. The lowest BCUT2D eigenvalue weighted by Gasteiger charge is -2.40. The molecule has 0 radical (unpaired) electrons. The van der Waals surface area contributed by atoms with Crippen LogP contribution in [-0.4, -0.2) is 17.7 Å². The van der Waals surface area contributed by atoms with E-state index in [0.29, 0.717) is 5.88 Å². The van der Waals surface area contributed by atoms with Gasteiger partial charge in [0.25, 0.3) is 0 Å². The number of aromatic nitrogens is 1. The molecule has 5 rings (SSSR count). The van der Waals surface area contributed by atoms with Crippen molar-refractivity contribution in [2.45, 2.75) is 31.3 Å². The summed E-state index contributed by atoms with van der Waals surface area (Å²) in [6.07, 6.45) is 5.50. The van der Waals surface area contributed by atoms with Gasteiger partial charge < -0.3 is 9.47 Å². The second-order valence-corrected chi connectivity index (χ2v) is 8.48. The monoisotopic (exact) mass is 421 g/mol. The van der Waals surface area contributed by atoms with Gasteiger partial charge in [0.15, 0.2) is 0 Å². The fraction of sp³-hybridized carbons (Fsp3) is 0.207. The summed E-state index contributed by atoms with van der Waals surface area (Å²) < 4.78 is 12.2. The molecule has 32 heavy (non-hydrogen) atoms. The highest BCUT2D eigenvalue weighted by Gasteiger charge is 2.37. The number of hydrogen-bond donors (Lipinski definition) is 0. The topological polar surface area (TPSA) is 31.4 Å². The Morgan fingerprint density at radius 1 is 0.844 bits per heavy atom. The summed E-state index contributed by atoms with van der Waals surface area (Å²) in [6.45, 7) is 0. The average molecular weight is 422 g/mol. The van der Waals surface area contributed by atoms with Crippen molar-refractivity contribution in [2.75, 3.05) is 7.11 Å². The van der Waals surface area contributed by atoms with Gasteiger partial charge >= 0.3 is 0 Å². The number of methoxy groups -OCH3 is 1. The van der Waals surface area contributed by atoms with Crippen LogP contribution in [0, 0.1) is 0 Å². The van der Waals surface area contributed by atoms with Crippen LogP contribution in [0.1, 0.15) is 23.1 Å². The maximum absolute atomic E-state index is 6.90. The second-order valence-electron chi connectivity index (χ2n) is 8.48. The van der Waals surface area contributed by atoms with Gasteiger partial charge in [-0.1, -0.05) is 72.8 Å². The second kappa shape index (κ2) is 8.88. The first-order chi connectivity index (χ1) is 15.7. The van der Waals surface area contributed by atoms with Crippen molar-refractivity contribution in [2.24, 2.45) is 0 Å². The number of rotatable bonds is 6. The normalized spacial score (nSPS) is 14.3. The minimum Gasteiger partial charge on any atom is -0.486 e. The van der Waals surface area contributed by atoms with E-state index < -0.39 is 0 Å². The van der Waals surface area contributed by atoms with Gasteiger partial charge in [-0.05, 0) is 47.2 Å². The van der Waals surface area contributed by atoms with Gasteiger partial charge in [0.05, 0.1) is 7.11 Å². The van der Waals surface area contributed by atoms with E-state index >= 15 is 0 Å². The van der Waals surface area contributed by atoms with Crippen LogP contribution in [0.15, 0.2) is 97.2 Å². The highest BCUT2D eigenvalue weighted by molar-refractivity contribution is 5.71. The molecule has 160 valence electrons. The van der Waals surface area contributed by atoms with E-state index in [9.17, 15) is 0 Å². The largest absolute Gasteiger partial charge is 0.486 e. The fourth-order valence-corrected chi connectivity index (χ4v) is 4.76. The first kappa shape index (κ1) is 20.3. The lowest BCUT2D eigenvalue weighted by atomic mass is 9.80. The van der Waals surface area contributed by atoms with Gasteiger partial charge in [-0.2, -0.15) is 0 Å². The maximum atomic E-state index is 6.90. The molecule has 3 aromatic carbocycles. The van der Waals surface area contributed by atoms with E-state index in [1.54, 1.807) is 13.3 Å². The van der Waals surface area contributed by atoms with Gasteiger partial charge in [0.2, 0.25) is 5.88 Å². The molecule has 0 atom stereocenters. The molecule has 4 aromatic rings. The van der Waals surface area contributed by atoms with Crippen LogP contribution in [0.5, 0.6) is 11.6 Å². The van der Waals surface area contributed by atoms with Crippen LogP contribution in [0.25, 0.3) is 11.1 Å². The van der Waals surface area contributed by atoms with Gasteiger partial charge in [-0.15, -0.1) is 0 Å². The fourth-order valence-electron chi connectivity index (χ4n) is 4.76. The molecule has 3 nitrogen and oxygen atoms in total. The first-order valence-electron chi connectivity index (χ1n) is 11.1. The van der Waals surface area contributed by atoms with Crippen LogP contribution < -0.4 is 9.47 Å². The molecule has 0 fully saturated rings. The Balaban J connectivity index is 1.52. The Hall–Kier alpha value is -3.59. The Morgan fingerprint density at radius 2 is 1.53 bits per heavy atom. The summed E-state index contributed by atoms with van der Waals surface area (Å²) in [5, 5.41) is 0. The van der Waals surface area contributed by atoms with Crippen molar-refractivity contribution in [3.05, 3.63) is 114 Å². The van der Waals surface area contributed by atoms with Crippen LogP contribution in [0.4, 0.5) is 0 Å². The van der Waals surface area contributed by atoms with E-state index in [4.69, 9.17) is 9.47 Å². The Bertz CT molecular complexity index is 1150. The van der Waals surface area contributed by atoms with Crippen molar-refractivity contribution in [3.8, 4) is 22.8 Å². The average Bonchev–Trinajstić information content (AvgIpc) is 2.85.